The lowest BCUT2D eigenvalue weighted by atomic mass is 9.90. The lowest BCUT2D eigenvalue weighted by molar-refractivity contribution is -0.0152. The van der Waals surface area contributed by atoms with E-state index in [9.17, 15) is 9.90 Å². The molecule has 3 N–H and O–H groups in total. The summed E-state index contributed by atoms with van der Waals surface area (Å²) < 4.78 is 5.08. The van der Waals surface area contributed by atoms with Gasteiger partial charge in [-0.15, -0.1) is 0 Å². The largest absolute Gasteiger partial charge is 0.444 e. The second kappa shape index (κ2) is 4.75. The van der Waals surface area contributed by atoms with E-state index in [2.05, 4.69) is 20.6 Å². The van der Waals surface area contributed by atoms with E-state index in [1.54, 1.807) is 20.8 Å². The van der Waals surface area contributed by atoms with Crippen molar-refractivity contribution in [2.75, 3.05) is 18.4 Å². The van der Waals surface area contributed by atoms with Crippen molar-refractivity contribution >= 4 is 12.0 Å². The number of nitrogens with zero attached hydrogens (tertiary/aromatic N) is 2. The van der Waals surface area contributed by atoms with Crippen LogP contribution in [0.15, 0.2) is 12.4 Å². The summed E-state index contributed by atoms with van der Waals surface area (Å²) in [4.78, 5) is 19.5. The third-order valence-electron chi connectivity index (χ3n) is 2.64. The van der Waals surface area contributed by atoms with Crippen molar-refractivity contribution in [2.45, 2.75) is 32.0 Å². The number of β-amino-alcohol motifs (C(OH)–C–C–N with tert-alkyl or cyclic N) is 1. The monoisotopic (exact) mass is 266 g/mol. The number of carbonyl (C=O) groups excluding carboxylic acids is 1. The Hall–Kier alpha value is -1.73. The fourth-order valence-electron chi connectivity index (χ4n) is 1.59. The molecule has 1 aliphatic rings. The molecule has 1 aliphatic heterocycles. The van der Waals surface area contributed by atoms with Crippen LogP contribution in [0.2, 0.25) is 0 Å². The van der Waals surface area contributed by atoms with Crippen LogP contribution in [0.1, 0.15) is 26.3 Å². The molecular weight excluding hydrogens is 248 g/mol. The standard InChI is InChI=1S/C12H18N4O3/c1-11(2,3)19-10(17)16-9-14-4-8(5-15-9)12(18)6-13-7-12/h4-5,13,18H,6-7H2,1-3H3,(H,14,15,16,17). The Bertz CT molecular complexity index is 463. The van der Waals surface area contributed by atoms with Crippen molar-refractivity contribution in [3.8, 4) is 0 Å². The first-order valence-electron chi connectivity index (χ1n) is 6.04. The Balaban J connectivity index is 1.97. The molecule has 2 rings (SSSR count). The molecule has 1 aromatic heterocycles. The van der Waals surface area contributed by atoms with Crippen molar-refractivity contribution in [1.82, 2.24) is 15.3 Å². The van der Waals surface area contributed by atoms with Crippen LogP contribution in [0, 0.1) is 0 Å². The van der Waals surface area contributed by atoms with Gasteiger partial charge in [0, 0.05) is 31.0 Å². The summed E-state index contributed by atoms with van der Waals surface area (Å²) in [5.74, 6) is 0.147. The average molecular weight is 266 g/mol. The molecule has 0 atom stereocenters. The van der Waals surface area contributed by atoms with Crippen LogP contribution in [0.4, 0.5) is 10.7 Å². The van der Waals surface area contributed by atoms with Crippen LogP contribution in [0.5, 0.6) is 0 Å². The maximum atomic E-state index is 11.5. The molecule has 7 heteroatoms. The summed E-state index contributed by atoms with van der Waals surface area (Å²) in [7, 11) is 0. The van der Waals surface area contributed by atoms with Crippen molar-refractivity contribution in [3.63, 3.8) is 0 Å². The molecule has 19 heavy (non-hydrogen) atoms. The van der Waals surface area contributed by atoms with Gasteiger partial charge >= 0.3 is 6.09 Å². The molecule has 0 saturated carbocycles. The zero-order valence-electron chi connectivity index (χ0n) is 11.2. The van der Waals surface area contributed by atoms with Crippen LogP contribution in [-0.4, -0.2) is 39.9 Å². The highest BCUT2D eigenvalue weighted by atomic mass is 16.6. The molecule has 1 saturated heterocycles. The van der Waals surface area contributed by atoms with Gasteiger partial charge in [0.2, 0.25) is 5.95 Å². The topological polar surface area (TPSA) is 96.4 Å². The molecule has 0 bridgehead atoms. The molecule has 104 valence electrons. The summed E-state index contributed by atoms with van der Waals surface area (Å²) >= 11 is 0. The minimum Gasteiger partial charge on any atom is -0.444 e. The summed E-state index contributed by atoms with van der Waals surface area (Å²) in [5.41, 5.74) is -0.845. The van der Waals surface area contributed by atoms with Crippen LogP contribution in [0.3, 0.4) is 0 Å². The van der Waals surface area contributed by atoms with Gasteiger partial charge in [-0.25, -0.2) is 14.8 Å². The second-order valence-corrected chi connectivity index (χ2v) is 5.56. The van der Waals surface area contributed by atoms with Gasteiger partial charge in [-0.05, 0) is 20.8 Å². The van der Waals surface area contributed by atoms with Gasteiger partial charge in [0.05, 0.1) is 0 Å². The maximum absolute atomic E-state index is 11.5. The molecule has 1 aromatic rings. The van der Waals surface area contributed by atoms with Gasteiger partial charge in [0.15, 0.2) is 0 Å². The number of anilines is 1. The number of aromatic nitrogens is 2. The summed E-state index contributed by atoms with van der Waals surface area (Å²) in [6.07, 6.45) is 2.39. The highest BCUT2D eigenvalue weighted by molar-refractivity contribution is 5.82. The molecule has 1 amide bonds. The SMILES string of the molecule is CC(C)(C)OC(=O)Nc1ncc(C2(O)CNC2)cn1. The Labute approximate surface area is 111 Å². The van der Waals surface area contributed by atoms with Gasteiger partial charge in [-0.3, -0.25) is 5.32 Å². The van der Waals surface area contributed by atoms with Crippen molar-refractivity contribution in [3.05, 3.63) is 18.0 Å². The van der Waals surface area contributed by atoms with Crippen molar-refractivity contribution < 1.29 is 14.6 Å². The Morgan fingerprint density at radius 1 is 1.42 bits per heavy atom. The zero-order chi connectivity index (χ0) is 14.1. The van der Waals surface area contributed by atoms with Crippen molar-refractivity contribution in [2.24, 2.45) is 0 Å². The van der Waals surface area contributed by atoms with Gasteiger partial charge < -0.3 is 15.2 Å². The van der Waals surface area contributed by atoms with Crippen LogP contribution >= 0.6 is 0 Å². The lowest BCUT2D eigenvalue weighted by Gasteiger charge is -2.37. The normalized spacial score (nSPS) is 17.5. The number of hydrogen-bond acceptors (Lipinski definition) is 6. The third kappa shape index (κ3) is 3.39. The van der Waals surface area contributed by atoms with E-state index in [4.69, 9.17) is 4.74 Å². The first kappa shape index (κ1) is 13.7. The number of carbonyl (C=O) groups is 1. The minimum atomic E-state index is -0.898. The molecule has 2 heterocycles. The minimum absolute atomic E-state index is 0.147. The van der Waals surface area contributed by atoms with E-state index in [0.29, 0.717) is 18.7 Å². The predicted octanol–water partition coefficient (Wildman–Crippen LogP) is 0.614. The molecule has 0 aromatic carbocycles. The molecular formula is C12H18N4O3. The highest BCUT2D eigenvalue weighted by Gasteiger charge is 2.36. The predicted molar refractivity (Wildman–Crippen MR) is 68.7 cm³/mol. The van der Waals surface area contributed by atoms with E-state index in [1.165, 1.54) is 12.4 Å². The quantitative estimate of drug-likeness (QED) is 0.726. The van der Waals surface area contributed by atoms with Gasteiger partial charge in [0.25, 0.3) is 0 Å². The van der Waals surface area contributed by atoms with Crippen LogP contribution < -0.4 is 10.6 Å². The van der Waals surface area contributed by atoms with E-state index >= 15 is 0 Å². The van der Waals surface area contributed by atoms with E-state index in [0.717, 1.165) is 0 Å². The molecule has 0 radical (unpaired) electrons. The summed E-state index contributed by atoms with van der Waals surface area (Å²) in [5, 5.41) is 15.5. The van der Waals surface area contributed by atoms with E-state index in [1.807, 2.05) is 0 Å². The fraction of sp³-hybridized carbons (Fsp3) is 0.583. The number of rotatable bonds is 2. The smallest absolute Gasteiger partial charge is 0.414 e. The highest BCUT2D eigenvalue weighted by Crippen LogP contribution is 2.24. The first-order chi connectivity index (χ1) is 8.78. The second-order valence-electron chi connectivity index (χ2n) is 5.56. The molecule has 1 fully saturated rings. The van der Waals surface area contributed by atoms with Gasteiger partial charge in [0.1, 0.15) is 11.2 Å². The van der Waals surface area contributed by atoms with Crippen molar-refractivity contribution in [1.29, 1.82) is 0 Å². The fourth-order valence-corrected chi connectivity index (χ4v) is 1.59. The van der Waals surface area contributed by atoms with Gasteiger partial charge in [-0.1, -0.05) is 0 Å². The molecule has 0 aliphatic carbocycles. The summed E-state index contributed by atoms with van der Waals surface area (Å²) in [6.45, 7) is 6.28. The Morgan fingerprint density at radius 3 is 2.42 bits per heavy atom. The van der Waals surface area contributed by atoms with E-state index in [-0.39, 0.29) is 5.95 Å². The molecule has 0 spiro atoms. The Kier molecular flexibility index (Phi) is 3.42. The number of ether oxygens (including phenoxy) is 1. The zero-order valence-corrected chi connectivity index (χ0v) is 11.2. The van der Waals surface area contributed by atoms with E-state index < -0.39 is 17.3 Å². The van der Waals surface area contributed by atoms with Crippen LogP contribution in [0.25, 0.3) is 0 Å². The number of hydrogen-bond donors (Lipinski definition) is 3. The maximum Gasteiger partial charge on any atom is 0.414 e. The third-order valence-corrected chi connectivity index (χ3v) is 2.64. The Morgan fingerprint density at radius 2 is 2.00 bits per heavy atom. The molecule has 7 nitrogen and oxygen atoms in total. The van der Waals surface area contributed by atoms with Gasteiger partial charge in [-0.2, -0.15) is 0 Å². The average Bonchev–Trinajstić information content (AvgIpc) is 2.24. The summed E-state index contributed by atoms with van der Waals surface area (Å²) in [6, 6.07) is 0. The van der Waals surface area contributed by atoms with Crippen LogP contribution in [-0.2, 0) is 10.3 Å². The number of nitrogens with one attached hydrogen (secondary N) is 2. The first-order valence-corrected chi connectivity index (χ1v) is 6.04. The number of aliphatic hydroxyl groups is 1. The molecule has 0 unspecified atom stereocenters. The lowest BCUT2D eigenvalue weighted by Crippen LogP contribution is -2.56. The number of amides is 1.